The van der Waals surface area contributed by atoms with E-state index in [9.17, 15) is 9.59 Å². The normalized spacial score (nSPS) is 10.9. The molecule has 142 valence electrons. The van der Waals surface area contributed by atoms with Gasteiger partial charge in [-0.15, -0.1) is 0 Å². The Morgan fingerprint density at radius 2 is 1.93 bits per heavy atom. The first kappa shape index (κ1) is 17.7. The molecule has 0 spiro atoms. The molecule has 0 atom stereocenters. The number of rotatable bonds is 4. The maximum absolute atomic E-state index is 12.5. The Labute approximate surface area is 160 Å². The molecule has 0 saturated carbocycles. The Morgan fingerprint density at radius 1 is 1.11 bits per heavy atom. The SMILES string of the molecule is COc1ccc2oc(C(=O)NNC(=O)Cc3c[nH]c4ccccc34)c(C)c2c1. The van der Waals surface area contributed by atoms with Crippen molar-refractivity contribution in [1.29, 1.82) is 0 Å². The van der Waals surface area contributed by atoms with E-state index in [4.69, 9.17) is 9.15 Å². The highest BCUT2D eigenvalue weighted by molar-refractivity contribution is 6.00. The van der Waals surface area contributed by atoms with E-state index in [1.165, 1.54) is 0 Å². The second-order valence-electron chi connectivity index (χ2n) is 6.46. The van der Waals surface area contributed by atoms with Crippen molar-refractivity contribution in [1.82, 2.24) is 15.8 Å². The summed E-state index contributed by atoms with van der Waals surface area (Å²) in [5.41, 5.74) is 7.93. The molecule has 0 radical (unpaired) electrons. The number of furan rings is 1. The summed E-state index contributed by atoms with van der Waals surface area (Å²) in [4.78, 5) is 27.8. The van der Waals surface area contributed by atoms with E-state index in [2.05, 4.69) is 15.8 Å². The number of hydrogen-bond acceptors (Lipinski definition) is 4. The number of hydrogen-bond donors (Lipinski definition) is 3. The van der Waals surface area contributed by atoms with Crippen molar-refractivity contribution in [2.24, 2.45) is 0 Å². The van der Waals surface area contributed by atoms with Crippen LogP contribution in [0.2, 0.25) is 0 Å². The number of carbonyl (C=O) groups is 2. The Hall–Kier alpha value is -3.74. The number of aromatic nitrogens is 1. The molecule has 0 fully saturated rings. The lowest BCUT2D eigenvalue weighted by Crippen LogP contribution is -2.42. The van der Waals surface area contributed by atoms with E-state index in [1.54, 1.807) is 38.4 Å². The van der Waals surface area contributed by atoms with Crippen LogP contribution in [0.3, 0.4) is 0 Å². The van der Waals surface area contributed by atoms with Crippen LogP contribution in [-0.2, 0) is 11.2 Å². The zero-order valence-corrected chi connectivity index (χ0v) is 15.5. The maximum Gasteiger partial charge on any atom is 0.305 e. The van der Waals surface area contributed by atoms with Gasteiger partial charge in [0.15, 0.2) is 5.76 Å². The average molecular weight is 377 g/mol. The topological polar surface area (TPSA) is 96.4 Å². The number of ether oxygens (including phenoxy) is 1. The van der Waals surface area contributed by atoms with Crippen molar-refractivity contribution in [2.45, 2.75) is 13.3 Å². The zero-order valence-electron chi connectivity index (χ0n) is 15.5. The van der Waals surface area contributed by atoms with E-state index in [0.717, 1.165) is 21.9 Å². The summed E-state index contributed by atoms with van der Waals surface area (Å²) in [7, 11) is 1.58. The van der Waals surface area contributed by atoms with Crippen LogP contribution in [0.4, 0.5) is 0 Å². The number of nitrogens with one attached hydrogen (secondary N) is 3. The molecule has 7 nitrogen and oxygen atoms in total. The fraction of sp³-hybridized carbons (Fsp3) is 0.143. The van der Waals surface area contributed by atoms with Crippen molar-refractivity contribution in [3.05, 3.63) is 65.5 Å². The number of aryl methyl sites for hydroxylation is 1. The number of carbonyl (C=O) groups excluding carboxylic acids is 2. The third-order valence-corrected chi connectivity index (χ3v) is 4.69. The smallest absolute Gasteiger partial charge is 0.305 e. The van der Waals surface area contributed by atoms with E-state index in [0.29, 0.717) is 16.9 Å². The van der Waals surface area contributed by atoms with Gasteiger partial charge in [0, 0.05) is 28.0 Å². The Bertz CT molecular complexity index is 1190. The van der Waals surface area contributed by atoms with Gasteiger partial charge in [0.1, 0.15) is 11.3 Å². The summed E-state index contributed by atoms with van der Waals surface area (Å²) in [5, 5.41) is 1.76. The number of para-hydroxylation sites is 1. The highest BCUT2D eigenvalue weighted by Crippen LogP contribution is 2.28. The summed E-state index contributed by atoms with van der Waals surface area (Å²) in [6, 6.07) is 13.0. The minimum absolute atomic E-state index is 0.139. The van der Waals surface area contributed by atoms with Crippen LogP contribution in [-0.4, -0.2) is 23.9 Å². The number of methoxy groups -OCH3 is 1. The molecule has 0 aliphatic carbocycles. The molecule has 7 heteroatoms. The molecular formula is C21H19N3O4. The van der Waals surface area contributed by atoms with Gasteiger partial charge < -0.3 is 14.1 Å². The van der Waals surface area contributed by atoms with Crippen LogP contribution in [0.1, 0.15) is 21.7 Å². The van der Waals surface area contributed by atoms with E-state index >= 15 is 0 Å². The second kappa shape index (κ2) is 7.11. The van der Waals surface area contributed by atoms with Gasteiger partial charge in [-0.2, -0.15) is 0 Å². The molecule has 2 heterocycles. The zero-order chi connectivity index (χ0) is 19.7. The van der Waals surface area contributed by atoms with Gasteiger partial charge in [0.2, 0.25) is 5.91 Å². The Kier molecular flexibility index (Phi) is 4.49. The first-order valence-corrected chi connectivity index (χ1v) is 8.78. The minimum Gasteiger partial charge on any atom is -0.497 e. The van der Waals surface area contributed by atoms with Crippen LogP contribution in [0.15, 0.2) is 53.1 Å². The summed E-state index contributed by atoms with van der Waals surface area (Å²) >= 11 is 0. The van der Waals surface area contributed by atoms with Crippen molar-refractivity contribution < 1.29 is 18.7 Å². The molecule has 0 unspecified atom stereocenters. The predicted octanol–water partition coefficient (Wildman–Crippen LogP) is 3.23. The van der Waals surface area contributed by atoms with Gasteiger partial charge in [-0.25, -0.2) is 0 Å². The van der Waals surface area contributed by atoms with E-state index in [-0.39, 0.29) is 18.1 Å². The fourth-order valence-electron chi connectivity index (χ4n) is 3.22. The molecule has 2 aromatic carbocycles. The Balaban J connectivity index is 1.44. The number of benzene rings is 2. The van der Waals surface area contributed by atoms with Crippen LogP contribution >= 0.6 is 0 Å². The van der Waals surface area contributed by atoms with E-state index < -0.39 is 5.91 Å². The molecule has 3 N–H and O–H groups in total. The molecule has 2 aromatic heterocycles. The van der Waals surface area contributed by atoms with Crippen LogP contribution < -0.4 is 15.6 Å². The lowest BCUT2D eigenvalue weighted by molar-refractivity contribution is -0.121. The van der Waals surface area contributed by atoms with Gasteiger partial charge in [0.25, 0.3) is 0 Å². The van der Waals surface area contributed by atoms with Crippen molar-refractivity contribution in [2.75, 3.05) is 7.11 Å². The summed E-state index contributed by atoms with van der Waals surface area (Å²) < 4.78 is 10.8. The second-order valence-corrected chi connectivity index (χ2v) is 6.46. The Morgan fingerprint density at radius 3 is 2.75 bits per heavy atom. The monoisotopic (exact) mass is 377 g/mol. The number of amides is 2. The lowest BCUT2D eigenvalue weighted by Gasteiger charge is -2.06. The minimum atomic E-state index is -0.514. The molecule has 4 aromatic rings. The van der Waals surface area contributed by atoms with Crippen LogP contribution in [0.5, 0.6) is 5.75 Å². The van der Waals surface area contributed by atoms with Crippen LogP contribution in [0.25, 0.3) is 21.9 Å². The average Bonchev–Trinajstić information content (AvgIpc) is 3.27. The molecule has 0 saturated heterocycles. The van der Waals surface area contributed by atoms with Gasteiger partial charge in [-0.05, 0) is 36.8 Å². The lowest BCUT2D eigenvalue weighted by atomic mass is 10.1. The molecule has 0 bridgehead atoms. The maximum atomic E-state index is 12.5. The summed E-state index contributed by atoms with van der Waals surface area (Å²) in [6.07, 6.45) is 1.93. The highest BCUT2D eigenvalue weighted by atomic mass is 16.5. The van der Waals surface area contributed by atoms with Gasteiger partial charge in [0.05, 0.1) is 13.5 Å². The van der Waals surface area contributed by atoms with Gasteiger partial charge >= 0.3 is 5.91 Å². The summed E-state index contributed by atoms with van der Waals surface area (Å²) in [5.74, 6) is -0.0143. The standard InChI is InChI=1S/C21H19N3O4/c1-12-16-10-14(27-2)7-8-18(16)28-20(12)21(26)24-23-19(25)9-13-11-22-17-6-4-3-5-15(13)17/h3-8,10-11,22H,9H2,1-2H3,(H,23,25)(H,24,26). The molecule has 0 aliphatic heterocycles. The van der Waals surface area contributed by atoms with E-state index in [1.807, 2.05) is 24.3 Å². The van der Waals surface area contributed by atoms with Gasteiger partial charge in [-0.3, -0.25) is 20.4 Å². The first-order valence-electron chi connectivity index (χ1n) is 8.78. The van der Waals surface area contributed by atoms with Gasteiger partial charge in [-0.1, -0.05) is 18.2 Å². The van der Waals surface area contributed by atoms with Crippen molar-refractivity contribution in [3.63, 3.8) is 0 Å². The third-order valence-electron chi connectivity index (χ3n) is 4.69. The number of aromatic amines is 1. The quantitative estimate of drug-likeness (QED) is 0.476. The largest absolute Gasteiger partial charge is 0.497 e. The predicted molar refractivity (Wildman–Crippen MR) is 105 cm³/mol. The number of fused-ring (bicyclic) bond motifs is 2. The highest BCUT2D eigenvalue weighted by Gasteiger charge is 2.19. The fourth-order valence-corrected chi connectivity index (χ4v) is 3.22. The molecular weight excluding hydrogens is 358 g/mol. The molecule has 0 aliphatic rings. The number of hydrazine groups is 1. The van der Waals surface area contributed by atoms with Crippen LogP contribution in [0, 0.1) is 6.92 Å². The first-order chi connectivity index (χ1) is 13.6. The molecule has 2 amide bonds. The summed E-state index contributed by atoms with van der Waals surface area (Å²) in [6.45, 7) is 1.79. The molecule has 28 heavy (non-hydrogen) atoms. The van der Waals surface area contributed by atoms with Crippen molar-refractivity contribution >= 4 is 33.7 Å². The molecule has 4 rings (SSSR count). The number of H-pyrrole nitrogens is 1. The van der Waals surface area contributed by atoms with Crippen molar-refractivity contribution in [3.8, 4) is 5.75 Å². The third kappa shape index (κ3) is 3.18.